The van der Waals surface area contributed by atoms with Crippen molar-refractivity contribution >= 4 is 47.3 Å². The topological polar surface area (TPSA) is 325 Å². The van der Waals surface area contributed by atoms with Crippen molar-refractivity contribution in [2.24, 2.45) is 0 Å². The molecule has 2 heterocycles. The Morgan fingerprint density at radius 3 is 1.70 bits per heavy atom. The predicted octanol–water partition coefficient (Wildman–Crippen LogP) is -0.322. The second-order valence-electron chi connectivity index (χ2n) is 9.38. The van der Waals surface area contributed by atoms with E-state index in [-0.39, 0.29) is 44.0 Å². The third kappa shape index (κ3) is 11.9. The lowest BCUT2D eigenvalue weighted by atomic mass is 10.1. The Hall–Kier alpha value is -6.00. The van der Waals surface area contributed by atoms with Gasteiger partial charge in [0.15, 0.2) is 11.6 Å². The summed E-state index contributed by atoms with van der Waals surface area (Å²) in [6, 6.07) is 0. The Morgan fingerprint density at radius 1 is 0.848 bits per heavy atom. The molecule has 0 aliphatic heterocycles. The average molecular weight is 653 g/mol. The van der Waals surface area contributed by atoms with Crippen LogP contribution >= 0.6 is 0 Å². The van der Waals surface area contributed by atoms with Crippen molar-refractivity contribution in [3.8, 4) is 0 Å². The van der Waals surface area contributed by atoms with E-state index in [1.165, 1.54) is 9.13 Å². The summed E-state index contributed by atoms with van der Waals surface area (Å²) >= 11 is 0. The molecule has 0 aliphatic carbocycles. The highest BCUT2D eigenvalue weighted by molar-refractivity contribution is 5.97. The molecule has 7 N–H and O–H groups in total. The summed E-state index contributed by atoms with van der Waals surface area (Å²) in [5, 5.41) is 50.3. The van der Waals surface area contributed by atoms with Gasteiger partial charge in [-0.15, -0.1) is 0 Å². The van der Waals surface area contributed by atoms with Gasteiger partial charge in [0, 0.05) is 39.5 Å². The fourth-order valence-corrected chi connectivity index (χ4v) is 3.83. The lowest BCUT2D eigenvalue weighted by molar-refractivity contribution is -0.392. The number of nitrogens with zero attached hydrogens (tertiary/aromatic N) is 6. The summed E-state index contributed by atoms with van der Waals surface area (Å²) in [6.07, 6.45) is -0.250. The Morgan fingerprint density at radius 2 is 1.28 bits per heavy atom. The normalized spacial score (nSPS) is 10.6. The van der Waals surface area contributed by atoms with Crippen LogP contribution in [0.3, 0.4) is 0 Å². The fraction of sp³-hybridized carbons (Fsp3) is 0.478. The van der Waals surface area contributed by atoms with E-state index < -0.39 is 70.9 Å². The molecular formula is C23H32N12O11. The van der Waals surface area contributed by atoms with Crippen LogP contribution in [0, 0.1) is 44.9 Å². The van der Waals surface area contributed by atoms with E-state index in [0.717, 1.165) is 12.4 Å². The smallest absolute Gasteiger partial charge is 0.342 e. The number of guanidine groups is 2. The zero-order valence-electron chi connectivity index (χ0n) is 24.6. The third-order valence-electron chi connectivity index (χ3n) is 6.05. The third-order valence-corrected chi connectivity index (χ3v) is 6.05. The number of esters is 1. The Labute approximate surface area is 258 Å². The first-order chi connectivity index (χ1) is 21.7. The number of carboxylic acid groups (broad SMARTS) is 1. The van der Waals surface area contributed by atoms with E-state index in [9.17, 15) is 39.4 Å². The van der Waals surface area contributed by atoms with Crippen molar-refractivity contribution in [1.29, 1.82) is 10.8 Å². The Kier molecular flexibility index (Phi) is 13.6. The maximum atomic E-state index is 12.6. The van der Waals surface area contributed by atoms with Crippen molar-refractivity contribution in [3.63, 3.8) is 0 Å². The van der Waals surface area contributed by atoms with E-state index in [1.807, 2.05) is 16.3 Å². The maximum Gasteiger partial charge on any atom is 0.342 e. The quantitative estimate of drug-likeness (QED) is 0.0378. The number of aliphatic carboxylic acids is 1. The van der Waals surface area contributed by atoms with Gasteiger partial charge in [0.05, 0.1) is 25.9 Å². The van der Waals surface area contributed by atoms with Gasteiger partial charge in [-0.3, -0.25) is 40.6 Å². The summed E-state index contributed by atoms with van der Waals surface area (Å²) in [6.45, 7) is 3.19. The number of hydroxylamine groups is 2. The van der Waals surface area contributed by atoms with Crippen LogP contribution in [0.2, 0.25) is 0 Å². The number of hydrogen-bond donors (Lipinski definition) is 7. The van der Waals surface area contributed by atoms with Gasteiger partial charge >= 0.3 is 23.6 Å². The number of nitro groups is 2. The van der Waals surface area contributed by atoms with Crippen LogP contribution in [0.4, 0.5) is 11.6 Å². The molecule has 0 spiro atoms. The van der Waals surface area contributed by atoms with Crippen LogP contribution in [0.25, 0.3) is 0 Å². The zero-order valence-corrected chi connectivity index (χ0v) is 24.6. The van der Waals surface area contributed by atoms with E-state index in [1.54, 1.807) is 13.8 Å². The van der Waals surface area contributed by atoms with Crippen LogP contribution in [0.5, 0.6) is 0 Å². The molecule has 0 atom stereocenters. The lowest BCUT2D eigenvalue weighted by Crippen LogP contribution is -2.47. The highest BCUT2D eigenvalue weighted by atomic mass is 16.8. The number of amides is 2. The summed E-state index contributed by atoms with van der Waals surface area (Å²) in [5.41, 5.74) is 3.80. The molecule has 23 nitrogen and oxygen atoms in total. The number of carboxylic acids is 1. The molecular weight excluding hydrogens is 620 g/mol. The van der Waals surface area contributed by atoms with Gasteiger partial charge in [-0.1, -0.05) is 0 Å². The molecule has 0 radical (unpaired) electrons. The van der Waals surface area contributed by atoms with Gasteiger partial charge in [0.1, 0.15) is 18.5 Å². The SMILES string of the molecule is Cc1ncc([N+](=O)[O-])n1CCC(CCn1c([N+](=O)[O-])cnc1C)OC(=O)CCC(=O)NC(=N)NONC(=N)NC(=O)CCC(=O)O. The number of carbonyl (C=O) groups excluding carboxylic acids is 3. The minimum atomic E-state index is -1.20. The van der Waals surface area contributed by atoms with Gasteiger partial charge in [-0.25, -0.2) is 30.1 Å². The second-order valence-corrected chi connectivity index (χ2v) is 9.38. The van der Waals surface area contributed by atoms with Crippen LogP contribution in [0.1, 0.15) is 50.2 Å². The predicted molar refractivity (Wildman–Crippen MR) is 152 cm³/mol. The molecule has 0 fully saturated rings. The standard InChI is InChI=1S/C23H32N12O11/c1-13-26-11-18(34(41)42)32(13)9-7-15(8-10-33-14(2)27-12-19(33)35(43)44)45-21(40)6-4-17(37)29-23(25)31-46-30-22(24)28-16(36)3-5-20(38)39/h11-12,15H,3-10H2,1-2H3,(H,38,39)(H3,24,28,30,36)(H3,25,29,31,37). The van der Waals surface area contributed by atoms with Crippen LogP contribution in [0.15, 0.2) is 12.4 Å². The number of rotatable bonds is 17. The van der Waals surface area contributed by atoms with E-state index >= 15 is 0 Å². The molecule has 2 aromatic rings. The molecule has 2 aromatic heterocycles. The molecule has 0 aliphatic rings. The molecule has 23 heteroatoms. The van der Waals surface area contributed by atoms with E-state index in [0.29, 0.717) is 11.6 Å². The first-order valence-electron chi connectivity index (χ1n) is 13.4. The van der Waals surface area contributed by atoms with Gasteiger partial charge < -0.3 is 30.1 Å². The minimum Gasteiger partial charge on any atom is -0.481 e. The number of aryl methyl sites for hydroxylation is 2. The Balaban J connectivity index is 1.88. The first-order valence-corrected chi connectivity index (χ1v) is 13.4. The maximum absolute atomic E-state index is 12.6. The van der Waals surface area contributed by atoms with E-state index in [4.69, 9.17) is 20.7 Å². The van der Waals surface area contributed by atoms with Crippen LogP contribution in [-0.2, 0) is 41.9 Å². The molecule has 0 saturated carbocycles. The summed E-state index contributed by atoms with van der Waals surface area (Å²) in [4.78, 5) is 80.6. The first kappa shape index (κ1) is 36.2. The van der Waals surface area contributed by atoms with Gasteiger partial charge in [0.25, 0.3) is 0 Å². The van der Waals surface area contributed by atoms with Gasteiger partial charge in [-0.05, 0) is 9.85 Å². The number of aromatic nitrogens is 4. The summed E-state index contributed by atoms with van der Waals surface area (Å²) in [5.74, 6) is -4.84. The zero-order chi connectivity index (χ0) is 34.4. The largest absolute Gasteiger partial charge is 0.481 e. The second kappa shape index (κ2) is 17.3. The minimum absolute atomic E-state index is 0.0337. The molecule has 0 unspecified atom stereocenters. The molecule has 0 aromatic carbocycles. The van der Waals surface area contributed by atoms with Crippen molar-refractivity contribution in [1.82, 2.24) is 40.7 Å². The highest BCUT2D eigenvalue weighted by Crippen LogP contribution is 2.20. The molecule has 250 valence electrons. The number of imidazole rings is 2. The number of carbonyl (C=O) groups is 4. The van der Waals surface area contributed by atoms with Gasteiger partial charge in [0.2, 0.25) is 23.7 Å². The summed E-state index contributed by atoms with van der Waals surface area (Å²) in [7, 11) is 0. The average Bonchev–Trinajstić information content (AvgIpc) is 3.53. The molecule has 0 saturated heterocycles. The number of ether oxygens (including phenoxy) is 1. The molecule has 2 rings (SSSR count). The van der Waals surface area contributed by atoms with E-state index in [2.05, 4.69) is 20.2 Å². The van der Waals surface area contributed by atoms with Crippen molar-refractivity contribution in [2.75, 3.05) is 0 Å². The number of nitrogens with one attached hydrogen (secondary N) is 6. The highest BCUT2D eigenvalue weighted by Gasteiger charge is 2.24. The molecule has 46 heavy (non-hydrogen) atoms. The van der Waals surface area contributed by atoms with Crippen molar-refractivity contribution in [2.45, 2.75) is 71.6 Å². The summed E-state index contributed by atoms with van der Waals surface area (Å²) < 4.78 is 8.16. The monoisotopic (exact) mass is 652 g/mol. The molecule has 0 bridgehead atoms. The number of hydrogen-bond acceptors (Lipinski definition) is 14. The van der Waals surface area contributed by atoms with Crippen molar-refractivity contribution < 1.29 is 43.8 Å². The van der Waals surface area contributed by atoms with Gasteiger partial charge in [-0.2, -0.15) is 4.94 Å². The lowest BCUT2D eigenvalue weighted by Gasteiger charge is -2.17. The Bertz CT molecular complexity index is 1420. The molecule has 2 amide bonds. The van der Waals surface area contributed by atoms with Crippen LogP contribution in [-0.4, -0.2) is 75.8 Å². The van der Waals surface area contributed by atoms with Crippen LogP contribution < -0.4 is 21.6 Å². The van der Waals surface area contributed by atoms with Crippen molar-refractivity contribution in [3.05, 3.63) is 44.3 Å². The fourth-order valence-electron chi connectivity index (χ4n) is 3.83.